The predicted molar refractivity (Wildman–Crippen MR) is 72.0 cm³/mol. The van der Waals surface area contributed by atoms with Gasteiger partial charge >= 0.3 is 101 Å². The van der Waals surface area contributed by atoms with Crippen molar-refractivity contribution in [1.82, 2.24) is 0 Å². The minimum absolute atomic E-state index is 0.606. The van der Waals surface area contributed by atoms with Crippen LogP contribution in [0.1, 0.15) is 59.3 Å². The molecule has 0 unspecified atom stereocenters. The quantitative estimate of drug-likeness (QED) is 0.468. The summed E-state index contributed by atoms with van der Waals surface area (Å²) in [4.78, 5) is 0. The van der Waals surface area contributed by atoms with Crippen LogP contribution in [0.25, 0.3) is 0 Å². The molecule has 0 rings (SSSR count). The van der Waals surface area contributed by atoms with Crippen molar-refractivity contribution in [2.24, 2.45) is 0 Å². The van der Waals surface area contributed by atoms with Crippen LogP contribution in [0.3, 0.4) is 0 Å². The zero-order valence-electron chi connectivity index (χ0n) is 11.0. The Morgan fingerprint density at radius 2 is 1.07 bits per heavy atom. The molecule has 0 saturated carbocycles. The first kappa shape index (κ1) is 15.8. The van der Waals surface area contributed by atoms with Gasteiger partial charge in [0.1, 0.15) is 0 Å². The van der Waals surface area contributed by atoms with Crippen LogP contribution in [-0.2, 0) is 0 Å². The Bertz CT molecular complexity index is 115. The van der Waals surface area contributed by atoms with E-state index in [1.807, 2.05) is 0 Å². The standard InChI is InChI=1S/3C4H9.CH3O.Sn/c3*1-3-4-2;1-2;/h3*1,3-4H2,2H3;2H,1H2;/i;;;2+2;. The summed E-state index contributed by atoms with van der Waals surface area (Å²) in [5, 5.41) is 9.75. The Morgan fingerprint density at radius 1 is 0.733 bits per heavy atom. The molecule has 0 spiro atoms. The Balaban J connectivity index is 4.16. The zero-order chi connectivity index (χ0) is 11.6. The minimum atomic E-state index is -2.06. The first-order valence-electron chi connectivity index (χ1n) is 6.85. The van der Waals surface area contributed by atoms with Crippen LogP contribution in [0.15, 0.2) is 0 Å². The first-order valence-corrected chi connectivity index (χ1v) is 14.9. The van der Waals surface area contributed by atoms with E-state index in [4.69, 9.17) is 0 Å². The second-order valence-electron chi connectivity index (χ2n) is 4.97. The number of unbranched alkanes of at least 4 members (excludes halogenated alkanes) is 3. The monoisotopic (exact) mass is 324 g/mol. The Labute approximate surface area is 101 Å². The van der Waals surface area contributed by atoms with Crippen LogP contribution in [0.5, 0.6) is 0 Å². The van der Waals surface area contributed by atoms with Crippen molar-refractivity contribution < 1.29 is 5.11 Å². The molecule has 0 amide bonds. The summed E-state index contributed by atoms with van der Waals surface area (Å²) >= 11 is -2.06. The summed E-state index contributed by atoms with van der Waals surface area (Å²) in [6.07, 6.45) is 8.00. The molecule has 1 nitrogen and oxygen atoms in total. The third-order valence-corrected chi connectivity index (χ3v) is 17.5. The molecule has 0 aromatic rings. The fourth-order valence-corrected chi connectivity index (χ4v) is 15.2. The van der Waals surface area contributed by atoms with Crippen LogP contribution >= 0.6 is 0 Å². The number of hydrogen-bond donors (Lipinski definition) is 1. The van der Waals surface area contributed by atoms with Crippen molar-refractivity contribution in [2.45, 2.75) is 72.6 Å². The molecule has 0 atom stereocenters. The van der Waals surface area contributed by atoms with E-state index in [2.05, 4.69) is 20.8 Å². The third kappa shape index (κ3) is 6.83. The van der Waals surface area contributed by atoms with E-state index in [-0.39, 0.29) is 0 Å². The fraction of sp³-hybridized carbons (Fsp3) is 1.00. The molecular formula is C13H30OSn. The summed E-state index contributed by atoms with van der Waals surface area (Å²) in [7, 11) is 0. The molecule has 0 aliphatic heterocycles. The second kappa shape index (κ2) is 9.95. The van der Waals surface area contributed by atoms with E-state index in [1.54, 1.807) is 0 Å². The summed E-state index contributed by atoms with van der Waals surface area (Å²) in [6, 6.07) is 0. The van der Waals surface area contributed by atoms with Gasteiger partial charge in [0.15, 0.2) is 0 Å². The average molecular weight is 323 g/mol. The van der Waals surface area contributed by atoms with E-state index in [9.17, 15) is 5.11 Å². The maximum absolute atomic E-state index is 9.75. The number of aliphatic hydroxyl groups excluding tert-OH is 1. The van der Waals surface area contributed by atoms with Gasteiger partial charge in [-0.1, -0.05) is 0 Å². The van der Waals surface area contributed by atoms with Gasteiger partial charge in [0.2, 0.25) is 0 Å². The second-order valence-corrected chi connectivity index (χ2v) is 18.7. The molecule has 0 aliphatic carbocycles. The van der Waals surface area contributed by atoms with Crippen molar-refractivity contribution in [3.8, 4) is 0 Å². The molecule has 0 aliphatic rings. The van der Waals surface area contributed by atoms with Crippen molar-refractivity contribution in [1.29, 1.82) is 0 Å². The molecule has 0 bridgehead atoms. The van der Waals surface area contributed by atoms with Crippen molar-refractivity contribution in [3.63, 3.8) is 0 Å². The number of hydrogen-bond acceptors (Lipinski definition) is 1. The van der Waals surface area contributed by atoms with Gasteiger partial charge in [0.25, 0.3) is 0 Å². The van der Waals surface area contributed by atoms with Gasteiger partial charge in [-0.2, -0.15) is 0 Å². The summed E-state index contributed by atoms with van der Waals surface area (Å²) in [6.45, 7) is 6.81. The molecular weight excluding hydrogens is 293 g/mol. The fourth-order valence-electron chi connectivity index (χ4n) is 2.27. The van der Waals surface area contributed by atoms with Crippen molar-refractivity contribution >= 4 is 18.4 Å². The summed E-state index contributed by atoms with van der Waals surface area (Å²) in [5.41, 5.74) is 0. The molecule has 1 N–H and O–H groups in total. The molecule has 0 radical (unpaired) electrons. The van der Waals surface area contributed by atoms with Crippen LogP contribution in [-0.4, -0.2) is 28.1 Å². The van der Waals surface area contributed by atoms with Crippen LogP contribution < -0.4 is 0 Å². The van der Waals surface area contributed by atoms with E-state index in [1.165, 1.54) is 51.8 Å². The number of aliphatic hydroxyl groups is 1. The normalized spacial score (nSPS) is 12.0. The van der Waals surface area contributed by atoms with Crippen LogP contribution in [0.4, 0.5) is 0 Å². The molecule has 0 aromatic carbocycles. The van der Waals surface area contributed by atoms with Gasteiger partial charge in [-0.15, -0.1) is 0 Å². The third-order valence-electron chi connectivity index (χ3n) is 3.52. The van der Waals surface area contributed by atoms with Crippen molar-refractivity contribution in [3.05, 3.63) is 0 Å². The maximum atomic E-state index is 9.75. The molecule has 0 heterocycles. The van der Waals surface area contributed by atoms with Gasteiger partial charge in [-0.25, -0.2) is 0 Å². The summed E-state index contributed by atoms with van der Waals surface area (Å²) in [5.74, 6) is 0. The van der Waals surface area contributed by atoms with E-state index >= 15 is 0 Å². The van der Waals surface area contributed by atoms with E-state index in [0.29, 0.717) is 4.62 Å². The molecule has 0 fully saturated rings. The van der Waals surface area contributed by atoms with Crippen LogP contribution in [0, 0.1) is 0 Å². The first-order chi connectivity index (χ1) is 7.24. The molecule has 0 aromatic heterocycles. The van der Waals surface area contributed by atoms with Gasteiger partial charge < -0.3 is 0 Å². The Kier molecular flexibility index (Phi) is 10.5. The molecule has 0 saturated heterocycles. The zero-order valence-corrected chi connectivity index (χ0v) is 13.9. The van der Waals surface area contributed by atoms with Gasteiger partial charge in [0.05, 0.1) is 0 Å². The number of rotatable bonds is 10. The molecule has 15 heavy (non-hydrogen) atoms. The van der Waals surface area contributed by atoms with Crippen LogP contribution in [0.2, 0.25) is 13.3 Å². The molecule has 92 valence electrons. The van der Waals surface area contributed by atoms with Gasteiger partial charge in [-0.3, -0.25) is 0 Å². The van der Waals surface area contributed by atoms with Gasteiger partial charge in [0, 0.05) is 0 Å². The van der Waals surface area contributed by atoms with E-state index < -0.39 is 18.4 Å². The summed E-state index contributed by atoms with van der Waals surface area (Å²) < 4.78 is 4.90. The van der Waals surface area contributed by atoms with Gasteiger partial charge in [-0.05, 0) is 0 Å². The Morgan fingerprint density at radius 3 is 1.27 bits per heavy atom. The topological polar surface area (TPSA) is 20.2 Å². The van der Waals surface area contributed by atoms with E-state index in [0.717, 1.165) is 0 Å². The average Bonchev–Trinajstić information content (AvgIpc) is 2.29. The predicted octanol–water partition coefficient (Wildman–Crippen LogP) is 4.37. The SMILES string of the molecule is CCC[CH2][Sn]([CH2][18OH])([CH2]CCC)[CH2]CCC. The Hall–Kier alpha value is 0.759. The molecule has 2 heteroatoms. The van der Waals surface area contributed by atoms with Crippen molar-refractivity contribution in [2.75, 3.05) is 4.62 Å².